The molecule has 0 fully saturated rings. The Labute approximate surface area is 261 Å². The van der Waals surface area contributed by atoms with Crippen molar-refractivity contribution in [3.63, 3.8) is 0 Å². The number of aryl methyl sites for hydroxylation is 2. The third-order valence-electron chi connectivity index (χ3n) is 9.66. The summed E-state index contributed by atoms with van der Waals surface area (Å²) in [6, 6.07) is 37.7. The molecule has 0 spiro atoms. The molecule has 0 aliphatic heterocycles. The molecule has 212 valence electrons. The first-order valence-corrected chi connectivity index (χ1v) is 20.1. The second kappa shape index (κ2) is 12.8. The predicted molar refractivity (Wildman–Crippen MR) is 178 cm³/mol. The van der Waals surface area contributed by atoms with Crippen LogP contribution >= 0.6 is 0 Å². The molecule has 4 aromatic carbocycles. The molecule has 1 atom stereocenters. The zero-order valence-electron chi connectivity index (χ0n) is 26.0. The number of allylic oxidation sites excluding steroid dienone is 4. The summed E-state index contributed by atoms with van der Waals surface area (Å²) in [6.07, 6.45) is 8.34. The summed E-state index contributed by atoms with van der Waals surface area (Å²) in [5.74, 6) is 0.568. The fourth-order valence-corrected chi connectivity index (χ4v) is 17.5. The number of hydrogen-bond donors (Lipinski definition) is 0. The van der Waals surface area contributed by atoms with Crippen LogP contribution in [0.5, 0.6) is 0 Å². The van der Waals surface area contributed by atoms with Crippen molar-refractivity contribution in [1.29, 1.82) is 0 Å². The van der Waals surface area contributed by atoms with Gasteiger partial charge in [0.15, 0.2) is 0 Å². The molecule has 0 nitrogen and oxygen atoms in total. The van der Waals surface area contributed by atoms with Crippen LogP contribution in [0.4, 0.5) is 0 Å². The minimum atomic E-state index is -2.77. The van der Waals surface area contributed by atoms with E-state index in [-0.39, 0.29) is 0 Å². The van der Waals surface area contributed by atoms with Gasteiger partial charge in [-0.1, -0.05) is 0 Å². The van der Waals surface area contributed by atoms with Gasteiger partial charge in [0.25, 0.3) is 0 Å². The number of rotatable bonds is 9. The molecule has 42 heavy (non-hydrogen) atoms. The predicted octanol–water partition coefficient (Wildman–Crippen LogP) is 10.8. The van der Waals surface area contributed by atoms with Crippen molar-refractivity contribution in [2.75, 3.05) is 0 Å². The Balaban J connectivity index is 1.76. The van der Waals surface area contributed by atoms with Gasteiger partial charge in [-0.25, -0.2) is 0 Å². The first-order chi connectivity index (χ1) is 20.6. The molecule has 0 N–H and O–H groups in total. The van der Waals surface area contributed by atoms with Gasteiger partial charge in [0, 0.05) is 0 Å². The second-order valence-electron chi connectivity index (χ2n) is 11.8. The molecule has 0 aromatic heterocycles. The number of benzene rings is 4. The van der Waals surface area contributed by atoms with Crippen LogP contribution in [0.2, 0.25) is 0 Å². The molecule has 4 aromatic rings. The van der Waals surface area contributed by atoms with Crippen LogP contribution in [0.3, 0.4) is 0 Å². The van der Waals surface area contributed by atoms with Gasteiger partial charge in [-0.05, 0) is 0 Å². The number of hydrogen-bond acceptors (Lipinski definition) is 0. The van der Waals surface area contributed by atoms with E-state index in [1.807, 2.05) is 3.28 Å². The SMILES string of the molecule is CCC1=C(CC)C(CC)[C]([Zr](=[C](c2ccccc2)c2ccccc2)[CH]2c3cc(CC)ccc3-c3ccc(CC)cc32)=C1. The summed E-state index contributed by atoms with van der Waals surface area (Å²) in [4.78, 5) is 0. The van der Waals surface area contributed by atoms with Crippen LogP contribution < -0.4 is 0 Å². The normalized spacial score (nSPS) is 15.9. The average molecular weight is 628 g/mol. The van der Waals surface area contributed by atoms with Crippen molar-refractivity contribution < 1.29 is 21.3 Å². The zero-order valence-corrected chi connectivity index (χ0v) is 28.5. The fourth-order valence-electron chi connectivity index (χ4n) is 7.58. The van der Waals surface area contributed by atoms with Gasteiger partial charge in [0.05, 0.1) is 0 Å². The first-order valence-electron chi connectivity index (χ1n) is 16.2. The van der Waals surface area contributed by atoms with E-state index in [4.69, 9.17) is 0 Å². The maximum atomic E-state index is 2.72. The fraction of sp³-hybridized carbons (Fsp3) is 0.293. The molecule has 6 rings (SSSR count). The summed E-state index contributed by atoms with van der Waals surface area (Å²) in [7, 11) is 0. The molecule has 0 amide bonds. The van der Waals surface area contributed by atoms with Gasteiger partial charge in [0.2, 0.25) is 0 Å². The molecular formula is C41H44Zr. The third-order valence-corrected chi connectivity index (χ3v) is 18.1. The van der Waals surface area contributed by atoms with Gasteiger partial charge in [0.1, 0.15) is 0 Å². The standard InChI is InChI=1S/C17H17.C13H10.C11H17.Zr/c1-3-12-5-7-16-14(9-12)11-15-10-13(4-2)6-8-17(15)16;1-3-7-12(8-4-1)11-13-9-5-2-6-10-13;1-4-9-7-8-10(5-2)11(9)6-3;/h5-11H,3-4H2,1-2H3;1-10H;7,10H,4-6H2,1-3H3;. The van der Waals surface area contributed by atoms with E-state index < -0.39 is 21.3 Å². The Hall–Kier alpha value is -2.89. The molecular weight excluding hydrogens is 584 g/mol. The van der Waals surface area contributed by atoms with E-state index in [9.17, 15) is 0 Å². The second-order valence-corrected chi connectivity index (χ2v) is 17.9. The Morgan fingerprint density at radius 1 is 0.595 bits per heavy atom. The first kappa shape index (κ1) is 29.2. The van der Waals surface area contributed by atoms with Crippen molar-refractivity contribution in [2.45, 2.75) is 70.3 Å². The summed E-state index contributed by atoms with van der Waals surface area (Å²) in [6.45, 7) is 11.8. The van der Waals surface area contributed by atoms with E-state index in [1.165, 1.54) is 39.8 Å². The molecule has 0 saturated heterocycles. The van der Waals surface area contributed by atoms with E-state index in [0.717, 1.165) is 25.7 Å². The minimum absolute atomic E-state index is 0.459. The molecule has 2 aliphatic carbocycles. The summed E-state index contributed by atoms with van der Waals surface area (Å²) in [5, 5.41) is 0. The van der Waals surface area contributed by atoms with Crippen LogP contribution in [0, 0.1) is 5.92 Å². The van der Waals surface area contributed by atoms with E-state index in [1.54, 1.807) is 25.5 Å². The molecule has 1 heteroatoms. The van der Waals surface area contributed by atoms with Crippen molar-refractivity contribution in [3.8, 4) is 11.1 Å². The van der Waals surface area contributed by atoms with Crippen LogP contribution in [0.15, 0.2) is 118 Å². The molecule has 0 saturated carbocycles. The van der Waals surface area contributed by atoms with Gasteiger partial charge >= 0.3 is 263 Å². The maximum absolute atomic E-state index is 2.77. The van der Waals surface area contributed by atoms with Gasteiger partial charge in [-0.15, -0.1) is 0 Å². The molecule has 0 bridgehead atoms. The Morgan fingerprint density at radius 3 is 1.55 bits per heavy atom. The summed E-state index contributed by atoms with van der Waals surface area (Å²) in [5.41, 5.74) is 15.2. The van der Waals surface area contributed by atoms with E-state index >= 15 is 0 Å². The van der Waals surface area contributed by atoms with Crippen LogP contribution in [0.25, 0.3) is 11.1 Å². The Kier molecular flexibility index (Phi) is 8.88. The quantitative estimate of drug-likeness (QED) is 0.173. The van der Waals surface area contributed by atoms with E-state index in [0.29, 0.717) is 9.54 Å². The van der Waals surface area contributed by atoms with Crippen molar-refractivity contribution in [1.82, 2.24) is 0 Å². The summed E-state index contributed by atoms with van der Waals surface area (Å²) >= 11 is -2.77. The molecule has 0 heterocycles. The molecule has 0 radical (unpaired) electrons. The monoisotopic (exact) mass is 626 g/mol. The van der Waals surface area contributed by atoms with Gasteiger partial charge < -0.3 is 0 Å². The topological polar surface area (TPSA) is 0 Å². The number of fused-ring (bicyclic) bond motifs is 3. The van der Waals surface area contributed by atoms with Crippen molar-refractivity contribution in [3.05, 3.63) is 151 Å². The zero-order chi connectivity index (χ0) is 29.2. The van der Waals surface area contributed by atoms with Crippen LogP contribution in [-0.4, -0.2) is 3.21 Å². The average Bonchev–Trinajstić information content (AvgIpc) is 3.58. The van der Waals surface area contributed by atoms with Gasteiger partial charge in [-0.3, -0.25) is 0 Å². The Morgan fingerprint density at radius 2 is 1.12 bits per heavy atom. The van der Waals surface area contributed by atoms with Crippen LogP contribution in [0.1, 0.15) is 90.9 Å². The van der Waals surface area contributed by atoms with Crippen molar-refractivity contribution in [2.24, 2.45) is 5.92 Å². The van der Waals surface area contributed by atoms with Gasteiger partial charge in [-0.2, -0.15) is 0 Å². The van der Waals surface area contributed by atoms with Crippen molar-refractivity contribution >= 4 is 3.21 Å². The third kappa shape index (κ3) is 5.13. The summed E-state index contributed by atoms with van der Waals surface area (Å²) < 4.78 is 3.92. The molecule has 1 unspecified atom stereocenters. The molecule has 2 aliphatic rings. The Bertz CT molecular complexity index is 1590. The van der Waals surface area contributed by atoms with Crippen LogP contribution in [-0.2, 0) is 34.1 Å². The van der Waals surface area contributed by atoms with E-state index in [2.05, 4.69) is 138 Å².